The third-order valence-corrected chi connectivity index (χ3v) is 4.51. The molecule has 0 saturated heterocycles. The minimum absolute atomic E-state index is 0.324. The molecule has 0 bridgehead atoms. The zero-order valence-corrected chi connectivity index (χ0v) is 10.1. The lowest BCUT2D eigenvalue weighted by Gasteiger charge is -2.22. The Morgan fingerprint density at radius 2 is 2.40 bits per heavy atom. The number of hydrogen-bond acceptors (Lipinski definition) is 4. The molecule has 0 aromatic carbocycles. The largest absolute Gasteiger partial charge is 0.305 e. The van der Waals surface area contributed by atoms with Crippen molar-refractivity contribution in [3.63, 3.8) is 0 Å². The summed E-state index contributed by atoms with van der Waals surface area (Å²) in [5.74, 6) is 0. The van der Waals surface area contributed by atoms with Gasteiger partial charge in [0.2, 0.25) is 0 Å². The van der Waals surface area contributed by atoms with Gasteiger partial charge < -0.3 is 5.32 Å². The Balaban J connectivity index is 2.02. The lowest BCUT2D eigenvalue weighted by atomic mass is 10.0. The van der Waals surface area contributed by atoms with Gasteiger partial charge in [-0.05, 0) is 30.4 Å². The topological polar surface area (TPSA) is 24.9 Å². The standard InChI is InChI=1S/C11H12N2S2/c1-7-13-9(6-15-7)11-8-3-5-14-10(8)2-4-12-11/h3,5-6,11-12H,2,4H2,1H3. The van der Waals surface area contributed by atoms with Crippen LogP contribution >= 0.6 is 22.7 Å². The first kappa shape index (κ1) is 9.51. The average molecular weight is 236 g/mol. The molecule has 0 spiro atoms. The lowest BCUT2D eigenvalue weighted by molar-refractivity contribution is 0.565. The van der Waals surface area contributed by atoms with Crippen LogP contribution in [0.25, 0.3) is 0 Å². The van der Waals surface area contributed by atoms with Gasteiger partial charge >= 0.3 is 0 Å². The molecule has 0 radical (unpaired) electrons. The molecule has 3 heterocycles. The van der Waals surface area contributed by atoms with E-state index >= 15 is 0 Å². The van der Waals surface area contributed by atoms with Crippen LogP contribution in [0.4, 0.5) is 0 Å². The summed E-state index contributed by atoms with van der Waals surface area (Å²) in [7, 11) is 0. The van der Waals surface area contributed by atoms with Gasteiger partial charge in [-0.3, -0.25) is 0 Å². The lowest BCUT2D eigenvalue weighted by Crippen LogP contribution is -2.29. The molecule has 2 aromatic heterocycles. The average Bonchev–Trinajstić information content (AvgIpc) is 2.84. The van der Waals surface area contributed by atoms with Crippen molar-refractivity contribution in [3.05, 3.63) is 38.0 Å². The number of thiazole rings is 1. The van der Waals surface area contributed by atoms with Crippen molar-refractivity contribution in [1.29, 1.82) is 0 Å². The van der Waals surface area contributed by atoms with Gasteiger partial charge in [0.05, 0.1) is 16.7 Å². The Morgan fingerprint density at radius 3 is 3.20 bits per heavy atom. The molecule has 2 nitrogen and oxygen atoms in total. The third-order valence-electron chi connectivity index (χ3n) is 2.72. The van der Waals surface area contributed by atoms with Gasteiger partial charge in [-0.25, -0.2) is 4.98 Å². The van der Waals surface area contributed by atoms with Crippen LogP contribution in [-0.4, -0.2) is 11.5 Å². The molecule has 0 saturated carbocycles. The van der Waals surface area contributed by atoms with Crippen molar-refractivity contribution in [2.24, 2.45) is 0 Å². The highest BCUT2D eigenvalue weighted by molar-refractivity contribution is 7.10. The SMILES string of the molecule is Cc1nc(C2NCCc3sccc32)cs1. The predicted octanol–water partition coefficient (Wildman–Crippen LogP) is 2.75. The molecule has 1 aliphatic heterocycles. The summed E-state index contributed by atoms with van der Waals surface area (Å²) < 4.78 is 0. The summed E-state index contributed by atoms with van der Waals surface area (Å²) in [5, 5.41) is 9.04. The summed E-state index contributed by atoms with van der Waals surface area (Å²) in [5.41, 5.74) is 2.61. The number of aryl methyl sites for hydroxylation is 1. The van der Waals surface area contributed by atoms with Crippen LogP contribution in [0, 0.1) is 6.92 Å². The van der Waals surface area contributed by atoms with Crippen LogP contribution in [0.15, 0.2) is 16.8 Å². The second-order valence-corrected chi connectivity index (χ2v) is 5.79. The van der Waals surface area contributed by atoms with Crippen molar-refractivity contribution in [3.8, 4) is 0 Å². The Kier molecular flexibility index (Phi) is 2.35. The highest BCUT2D eigenvalue weighted by Gasteiger charge is 2.23. The number of rotatable bonds is 1. The molecule has 3 rings (SSSR count). The highest BCUT2D eigenvalue weighted by Crippen LogP contribution is 2.32. The number of aromatic nitrogens is 1. The summed E-state index contributed by atoms with van der Waals surface area (Å²) >= 11 is 3.59. The van der Waals surface area contributed by atoms with Gasteiger partial charge in [-0.15, -0.1) is 22.7 Å². The van der Waals surface area contributed by atoms with E-state index in [0.29, 0.717) is 6.04 Å². The fourth-order valence-electron chi connectivity index (χ4n) is 2.03. The van der Waals surface area contributed by atoms with Crippen LogP contribution in [0.5, 0.6) is 0 Å². The molecule has 1 unspecified atom stereocenters. The van der Waals surface area contributed by atoms with Gasteiger partial charge in [-0.2, -0.15) is 0 Å². The van der Waals surface area contributed by atoms with Gasteiger partial charge in [0.25, 0.3) is 0 Å². The monoisotopic (exact) mass is 236 g/mol. The van der Waals surface area contributed by atoms with Crippen LogP contribution < -0.4 is 5.32 Å². The zero-order valence-electron chi connectivity index (χ0n) is 8.49. The number of nitrogens with one attached hydrogen (secondary N) is 1. The van der Waals surface area contributed by atoms with Crippen molar-refractivity contribution in [1.82, 2.24) is 10.3 Å². The Morgan fingerprint density at radius 1 is 1.47 bits per heavy atom. The summed E-state index contributed by atoms with van der Waals surface area (Å²) in [4.78, 5) is 6.09. The smallest absolute Gasteiger partial charge is 0.0898 e. The van der Waals surface area contributed by atoms with E-state index in [9.17, 15) is 0 Å². The molecule has 0 amide bonds. The van der Waals surface area contributed by atoms with Crippen molar-refractivity contribution in [2.45, 2.75) is 19.4 Å². The Bertz CT molecular complexity index is 472. The van der Waals surface area contributed by atoms with E-state index in [0.717, 1.165) is 18.0 Å². The fraction of sp³-hybridized carbons (Fsp3) is 0.364. The van der Waals surface area contributed by atoms with Crippen molar-refractivity contribution in [2.75, 3.05) is 6.54 Å². The van der Waals surface area contributed by atoms with E-state index < -0.39 is 0 Å². The molecule has 0 aliphatic carbocycles. The Hall–Kier alpha value is -0.710. The summed E-state index contributed by atoms with van der Waals surface area (Å²) in [6.45, 7) is 3.13. The summed E-state index contributed by atoms with van der Waals surface area (Å²) in [6.07, 6.45) is 1.16. The van der Waals surface area contributed by atoms with Crippen LogP contribution in [0.3, 0.4) is 0 Å². The fourth-order valence-corrected chi connectivity index (χ4v) is 3.59. The molecular weight excluding hydrogens is 224 g/mol. The number of thiophene rings is 1. The predicted molar refractivity (Wildman–Crippen MR) is 64.7 cm³/mol. The van der Waals surface area contributed by atoms with Gasteiger partial charge in [0.1, 0.15) is 0 Å². The van der Waals surface area contributed by atoms with E-state index in [4.69, 9.17) is 0 Å². The third kappa shape index (κ3) is 1.62. The maximum Gasteiger partial charge on any atom is 0.0898 e. The molecular formula is C11H12N2S2. The van der Waals surface area contributed by atoms with Gasteiger partial charge in [0.15, 0.2) is 0 Å². The van der Waals surface area contributed by atoms with E-state index in [-0.39, 0.29) is 0 Å². The van der Waals surface area contributed by atoms with Crippen molar-refractivity contribution >= 4 is 22.7 Å². The molecule has 78 valence electrons. The number of hydrogen-bond donors (Lipinski definition) is 1. The van der Waals surface area contributed by atoms with Gasteiger partial charge in [-0.1, -0.05) is 0 Å². The Labute approximate surface area is 97.0 Å². The minimum atomic E-state index is 0.324. The first-order valence-electron chi connectivity index (χ1n) is 5.06. The highest BCUT2D eigenvalue weighted by atomic mass is 32.1. The molecule has 1 N–H and O–H groups in total. The van der Waals surface area contributed by atoms with Crippen LogP contribution in [0.2, 0.25) is 0 Å². The number of nitrogens with zero attached hydrogens (tertiary/aromatic N) is 1. The van der Waals surface area contributed by atoms with E-state index in [1.54, 1.807) is 11.3 Å². The molecule has 2 aromatic rings. The van der Waals surface area contributed by atoms with Gasteiger partial charge in [0, 0.05) is 16.8 Å². The first-order chi connectivity index (χ1) is 7.34. The van der Waals surface area contributed by atoms with E-state index in [1.807, 2.05) is 11.3 Å². The first-order valence-corrected chi connectivity index (χ1v) is 6.82. The quantitative estimate of drug-likeness (QED) is 0.823. The molecule has 4 heteroatoms. The normalized spacial score (nSPS) is 20.2. The van der Waals surface area contributed by atoms with E-state index in [1.165, 1.54) is 16.1 Å². The zero-order chi connectivity index (χ0) is 10.3. The number of fused-ring (bicyclic) bond motifs is 1. The van der Waals surface area contributed by atoms with E-state index in [2.05, 4.69) is 34.1 Å². The van der Waals surface area contributed by atoms with Crippen LogP contribution in [0.1, 0.15) is 27.2 Å². The van der Waals surface area contributed by atoms with Crippen molar-refractivity contribution < 1.29 is 0 Å². The minimum Gasteiger partial charge on any atom is -0.305 e. The molecule has 0 fully saturated rings. The molecule has 15 heavy (non-hydrogen) atoms. The summed E-state index contributed by atoms with van der Waals surface area (Å²) in [6, 6.07) is 2.55. The second kappa shape index (κ2) is 3.70. The van der Waals surface area contributed by atoms with Crippen LogP contribution in [-0.2, 0) is 6.42 Å². The maximum absolute atomic E-state index is 4.57. The molecule has 1 atom stereocenters. The maximum atomic E-state index is 4.57. The molecule has 1 aliphatic rings. The second-order valence-electron chi connectivity index (χ2n) is 3.73.